The van der Waals surface area contributed by atoms with E-state index < -0.39 is 160 Å². The number of amides is 5. The zero-order valence-corrected chi connectivity index (χ0v) is 75.4. The maximum atomic E-state index is 15.9. The number of carbonyl (C=O) groups is 8. The summed E-state index contributed by atoms with van der Waals surface area (Å²) in [4.78, 5) is 167. The van der Waals surface area contributed by atoms with E-state index in [9.17, 15) is 65.9 Å². The number of benzene rings is 6. The van der Waals surface area contributed by atoms with Crippen molar-refractivity contribution in [3.05, 3.63) is 279 Å². The zero-order valence-electron chi connectivity index (χ0n) is 72.9. The lowest BCUT2D eigenvalue weighted by Crippen LogP contribution is -2.66. The molecule has 3 aliphatic carbocycles. The normalized spacial score (nSPS) is 20.4. The number of carbonyl (C=O) groups excluding carboxylic acids is 8. The van der Waals surface area contributed by atoms with Gasteiger partial charge in [-0.3, -0.25) is 67.4 Å². The van der Waals surface area contributed by atoms with Crippen molar-refractivity contribution in [1.29, 1.82) is 0 Å². The molecule has 9 aliphatic heterocycles. The van der Waals surface area contributed by atoms with Crippen molar-refractivity contribution in [2.24, 2.45) is 0 Å². The first-order valence-electron chi connectivity index (χ1n) is 43.9. The molecule has 0 bridgehead atoms. The molecule has 35 nitrogen and oxygen atoms in total. The van der Waals surface area contributed by atoms with Crippen LogP contribution in [0.5, 0.6) is 17.2 Å². The molecule has 15 heterocycles. The fourth-order valence-electron chi connectivity index (χ4n) is 19.9. The Bertz CT molecular complexity index is 7070. The van der Waals surface area contributed by atoms with Crippen molar-refractivity contribution in [2.75, 3.05) is 114 Å². The topological polar surface area (TPSA) is 359 Å². The van der Waals surface area contributed by atoms with Gasteiger partial charge in [-0.2, -0.15) is 0 Å². The largest absolute Gasteiger partial charge is 0.514 e. The summed E-state index contributed by atoms with van der Waals surface area (Å²) < 4.78 is 152. The summed E-state index contributed by atoms with van der Waals surface area (Å²) in [5.74, 6) is -9.97. The summed E-state index contributed by atoms with van der Waals surface area (Å²) in [5, 5.41) is 5.30. The van der Waals surface area contributed by atoms with Crippen LogP contribution in [0.3, 0.4) is 0 Å². The summed E-state index contributed by atoms with van der Waals surface area (Å²) in [6.07, 6.45) is -2.96. The van der Waals surface area contributed by atoms with Crippen molar-refractivity contribution < 1.29 is 112 Å². The molecule has 12 aliphatic rings. The standard InChI is InChI=1S/2C32H25F2N5O7S.C31H24F2N4O7S/c2*1-16(40)36-12-17(13-36)45-32(43)46-29-22(41)8-9-38-28(29)31(42)37-10-11-44-14-23(37)39(38)27-18-4-2-3-5-19(18)30-26(35-15-47-30)24-20(27)6-7-21(33)25(24)34;32-20-6-5-19-23(24(20)33)25-29(45-15-34-25)18-4-2-1-3-17(18)26(19)37-22-14-42-12-10-35(22)30(39)27-28(21(38)7-9-36(27)37)44-31(40)43-16-8-11-41-13-16/h2*2-9,15,17,23,27H,10-14H2,1H3;1-7,9,15-16,22,26H,8,10-14H2/t23-,27-;;16-,22+,26+/m1.0/s1. The van der Waals surface area contributed by atoms with Gasteiger partial charge in [0.1, 0.15) is 36.8 Å². The van der Waals surface area contributed by atoms with E-state index >= 15 is 13.2 Å². The monoisotopic (exact) mass is 1960 g/mol. The van der Waals surface area contributed by atoms with Crippen molar-refractivity contribution in [3.8, 4) is 82.3 Å². The lowest BCUT2D eigenvalue weighted by atomic mass is 9.92. The molecular weight excluding hydrogens is 1880 g/mol. The van der Waals surface area contributed by atoms with Gasteiger partial charge in [0.15, 0.2) is 52.0 Å². The first-order chi connectivity index (χ1) is 67.4. The molecule has 12 aromatic rings. The molecular formula is C95H74F6N14O21S3. The first-order valence-corrected chi connectivity index (χ1v) is 46.6. The molecule has 710 valence electrons. The number of nitrogens with zero attached hydrogens (tertiary/aromatic N) is 14. The average molecular weight is 1960 g/mol. The molecule has 0 N–H and O–H groups in total. The van der Waals surface area contributed by atoms with E-state index in [2.05, 4.69) is 15.0 Å². The highest BCUT2D eigenvalue weighted by molar-refractivity contribution is 7.14. The quantitative estimate of drug-likeness (QED) is 0.0736. The van der Waals surface area contributed by atoms with Crippen LogP contribution in [-0.4, -0.2) is 237 Å². The van der Waals surface area contributed by atoms with E-state index in [1.54, 1.807) is 31.6 Å². The Morgan fingerprint density at radius 2 is 0.669 bits per heavy atom. The van der Waals surface area contributed by atoms with E-state index in [1.807, 2.05) is 72.8 Å². The second-order valence-electron chi connectivity index (χ2n) is 33.9. The fourth-order valence-corrected chi connectivity index (χ4v) is 22.4. The van der Waals surface area contributed by atoms with Gasteiger partial charge in [0.05, 0.1) is 145 Å². The summed E-state index contributed by atoms with van der Waals surface area (Å²) in [6.45, 7) is 5.40. The Morgan fingerprint density at radius 1 is 0.367 bits per heavy atom. The molecule has 0 saturated carbocycles. The zero-order chi connectivity index (χ0) is 95.9. The molecule has 24 rings (SSSR count). The third kappa shape index (κ3) is 15.1. The Morgan fingerprint density at radius 3 is 0.971 bits per heavy atom. The van der Waals surface area contributed by atoms with E-state index in [0.29, 0.717) is 61.2 Å². The number of morpholine rings is 3. The van der Waals surface area contributed by atoms with E-state index in [0.717, 1.165) is 52.6 Å². The summed E-state index contributed by atoms with van der Waals surface area (Å²) >= 11 is 3.89. The number of likely N-dealkylation sites (tertiary alicyclic amines) is 2. The molecule has 0 radical (unpaired) electrons. The molecule has 6 fully saturated rings. The van der Waals surface area contributed by atoms with Crippen molar-refractivity contribution in [2.45, 2.75) is 75.2 Å². The molecule has 0 spiro atoms. The Hall–Kier alpha value is -15.0. The minimum absolute atomic E-state index is 0.00550. The van der Waals surface area contributed by atoms with Crippen LogP contribution in [0.4, 0.5) is 40.7 Å². The van der Waals surface area contributed by atoms with Gasteiger partial charge >= 0.3 is 18.5 Å². The van der Waals surface area contributed by atoms with Gasteiger partial charge < -0.3 is 71.9 Å². The van der Waals surface area contributed by atoms with Crippen LogP contribution in [0, 0.1) is 34.9 Å². The van der Waals surface area contributed by atoms with Crippen LogP contribution in [0.1, 0.15) is 103 Å². The van der Waals surface area contributed by atoms with Gasteiger partial charge in [0.25, 0.3) is 17.7 Å². The summed E-state index contributed by atoms with van der Waals surface area (Å²) in [5.41, 5.74) is 8.14. The third-order valence-corrected chi connectivity index (χ3v) is 28.8. The van der Waals surface area contributed by atoms with Crippen LogP contribution in [-0.2, 0) is 42.7 Å². The number of fused-ring (bicyclic) bond motifs is 21. The molecule has 44 heteroatoms. The number of hydrogen-bond acceptors (Lipinski definition) is 30. The molecule has 139 heavy (non-hydrogen) atoms. The maximum absolute atomic E-state index is 15.9. The predicted molar refractivity (Wildman–Crippen MR) is 481 cm³/mol. The van der Waals surface area contributed by atoms with Crippen LogP contribution >= 0.6 is 34.0 Å². The van der Waals surface area contributed by atoms with E-state index in [-0.39, 0.29) is 149 Å². The van der Waals surface area contributed by atoms with Gasteiger partial charge in [0.2, 0.25) is 45.3 Å². The SMILES string of the molecule is CC(=O)N1CC(OC(=O)Oc2c3n(ccc2=O)N(C2c4ccccc4-c4scnc4-c4c2ccc(F)c4F)C2COCCN2C3=O)C1.CC(=O)N1CC(OC(=O)Oc2c3n(ccc2=O)N([C@@H]2c4ccccc4-c4scnc4-c4c2ccc(F)c4F)[C@@H]2COCCN2C3=O)C1.O=C(Oc1c2n(ccc1=O)N([C@@H]1c3ccccc3-c3scnc3-c3c1ccc(F)c3F)[C@@H]1COCCN1C2=O)O[C@H]1CCOC1. The lowest BCUT2D eigenvalue weighted by Gasteiger charge is -2.51. The molecule has 2 unspecified atom stereocenters. The fraction of sp³-hybridized carbons (Fsp3) is 0.284. The van der Waals surface area contributed by atoms with Crippen LogP contribution in [0.15, 0.2) is 177 Å². The highest BCUT2D eigenvalue weighted by Gasteiger charge is 2.53. The first kappa shape index (κ1) is 89.3. The van der Waals surface area contributed by atoms with Gasteiger partial charge in [-0.05, 0) is 68.3 Å². The molecule has 6 aromatic heterocycles. The molecule has 6 saturated heterocycles. The number of aromatic nitrogens is 6. The third-order valence-electron chi connectivity index (χ3n) is 26.3. The van der Waals surface area contributed by atoms with Crippen molar-refractivity contribution >= 4 is 82.0 Å². The number of rotatable bonds is 9. The van der Waals surface area contributed by atoms with Gasteiger partial charge in [-0.25, -0.2) is 55.7 Å². The van der Waals surface area contributed by atoms with Crippen LogP contribution < -0.4 is 45.5 Å². The predicted octanol–water partition coefficient (Wildman–Crippen LogP) is 11.1. The van der Waals surface area contributed by atoms with E-state index in [1.165, 1.54) is 129 Å². The minimum Gasteiger partial charge on any atom is -0.428 e. The smallest absolute Gasteiger partial charge is 0.428 e. The van der Waals surface area contributed by atoms with Crippen LogP contribution in [0.2, 0.25) is 0 Å². The molecule has 7 atom stereocenters. The second kappa shape index (κ2) is 35.6. The summed E-state index contributed by atoms with van der Waals surface area (Å²) in [7, 11) is 0. The van der Waals surface area contributed by atoms with Crippen molar-refractivity contribution in [3.63, 3.8) is 0 Å². The Kier molecular flexibility index (Phi) is 22.8. The average Bonchev–Trinajstić information content (AvgIpc) is 1.59. The highest BCUT2D eigenvalue weighted by Crippen LogP contribution is 2.55. The lowest BCUT2D eigenvalue weighted by molar-refractivity contribution is -0.140. The number of thiazole rings is 3. The van der Waals surface area contributed by atoms with E-state index in [4.69, 9.17) is 47.4 Å². The van der Waals surface area contributed by atoms with Gasteiger partial charge in [-0.1, -0.05) is 91.0 Å². The number of hydrogen-bond donors (Lipinski definition) is 0. The number of ether oxygens (including phenoxy) is 10. The Balaban J connectivity index is 0.000000120. The maximum Gasteiger partial charge on any atom is 0.514 e. The van der Waals surface area contributed by atoms with Crippen LogP contribution in [0.25, 0.3) is 65.1 Å². The molecule has 5 amide bonds. The highest BCUT2D eigenvalue weighted by atomic mass is 32.1. The van der Waals surface area contributed by atoms with Crippen molar-refractivity contribution in [1.82, 2.24) is 53.5 Å². The molecule has 6 aromatic carbocycles. The minimum atomic E-state index is -1.20. The van der Waals surface area contributed by atoms with Gasteiger partial charge in [0, 0.05) is 93.4 Å². The Labute approximate surface area is 793 Å². The number of halogens is 6. The van der Waals surface area contributed by atoms with Gasteiger partial charge in [-0.15, -0.1) is 34.0 Å². The second-order valence-corrected chi connectivity index (χ2v) is 36.5. The summed E-state index contributed by atoms with van der Waals surface area (Å²) in [6, 6.07) is 30.8. The number of pyridine rings is 3.